The molecule has 1 atom stereocenters. The van der Waals surface area contributed by atoms with Crippen LogP contribution in [-0.4, -0.2) is 37.2 Å². The summed E-state index contributed by atoms with van der Waals surface area (Å²) in [6.45, 7) is 7.21. The molecule has 1 fully saturated rings. The molecule has 1 aromatic carbocycles. The van der Waals surface area contributed by atoms with E-state index in [1.54, 1.807) is 0 Å². The summed E-state index contributed by atoms with van der Waals surface area (Å²) in [7, 11) is 2.18. The van der Waals surface area contributed by atoms with Gasteiger partial charge in [0.1, 0.15) is 12.4 Å². The van der Waals surface area contributed by atoms with Crippen molar-refractivity contribution in [2.75, 3.05) is 20.2 Å². The molecule has 3 heteroatoms. The van der Waals surface area contributed by atoms with E-state index >= 15 is 0 Å². The van der Waals surface area contributed by atoms with Gasteiger partial charge in [-0.25, -0.2) is 0 Å². The molecule has 118 valence electrons. The van der Waals surface area contributed by atoms with Gasteiger partial charge < -0.3 is 15.0 Å². The second kappa shape index (κ2) is 8.40. The lowest BCUT2D eigenvalue weighted by molar-refractivity contribution is 0.193. The van der Waals surface area contributed by atoms with Crippen molar-refractivity contribution in [2.45, 2.75) is 58.2 Å². The van der Waals surface area contributed by atoms with Crippen molar-refractivity contribution in [1.29, 1.82) is 0 Å². The van der Waals surface area contributed by atoms with Crippen molar-refractivity contribution >= 4 is 0 Å². The lowest BCUT2D eigenvalue weighted by Gasteiger charge is -2.24. The minimum Gasteiger partial charge on any atom is -0.492 e. The maximum absolute atomic E-state index is 5.90. The Balaban J connectivity index is 1.70. The predicted molar refractivity (Wildman–Crippen MR) is 88.8 cm³/mol. The highest BCUT2D eigenvalue weighted by Crippen LogP contribution is 2.20. The van der Waals surface area contributed by atoms with Gasteiger partial charge >= 0.3 is 0 Å². The van der Waals surface area contributed by atoms with E-state index < -0.39 is 0 Å². The highest BCUT2D eigenvalue weighted by molar-refractivity contribution is 5.28. The number of hydrogen-bond acceptors (Lipinski definition) is 3. The van der Waals surface area contributed by atoms with E-state index in [1.807, 2.05) is 0 Å². The summed E-state index contributed by atoms with van der Waals surface area (Å²) < 4.78 is 5.90. The summed E-state index contributed by atoms with van der Waals surface area (Å²) in [5.74, 6) is 0.988. The minimum absolute atomic E-state index is 0.632. The van der Waals surface area contributed by atoms with Gasteiger partial charge in [-0.1, -0.05) is 25.5 Å². The van der Waals surface area contributed by atoms with Gasteiger partial charge in [-0.05, 0) is 50.9 Å². The highest BCUT2D eigenvalue weighted by atomic mass is 16.5. The van der Waals surface area contributed by atoms with Crippen LogP contribution in [0, 0.1) is 0 Å². The van der Waals surface area contributed by atoms with Gasteiger partial charge in [0.2, 0.25) is 0 Å². The maximum atomic E-state index is 5.90. The average molecular weight is 290 g/mol. The van der Waals surface area contributed by atoms with Crippen LogP contribution in [0.15, 0.2) is 24.3 Å². The number of likely N-dealkylation sites (N-methyl/N-ethyl adjacent to an activating group) is 1. The Labute approximate surface area is 129 Å². The molecular weight excluding hydrogens is 260 g/mol. The third-order valence-electron chi connectivity index (χ3n) is 4.24. The van der Waals surface area contributed by atoms with Gasteiger partial charge in [-0.15, -0.1) is 0 Å². The summed E-state index contributed by atoms with van der Waals surface area (Å²) in [4.78, 5) is 2.38. The van der Waals surface area contributed by atoms with E-state index in [0.717, 1.165) is 31.5 Å². The summed E-state index contributed by atoms with van der Waals surface area (Å²) in [5, 5.41) is 3.54. The molecule has 1 aromatic rings. The standard InChI is InChI=1S/C18H30N2O/c1-4-6-15(2)20(3)11-12-21-18-8-5-7-16(13-18)14-19-17-9-10-17/h5,7-8,13,15,17,19H,4,6,9-12,14H2,1-3H3. The lowest BCUT2D eigenvalue weighted by Crippen LogP contribution is -2.32. The Hall–Kier alpha value is -1.06. The van der Waals surface area contributed by atoms with Gasteiger partial charge in [0, 0.05) is 25.2 Å². The zero-order valence-corrected chi connectivity index (χ0v) is 13.8. The van der Waals surface area contributed by atoms with Crippen molar-refractivity contribution < 1.29 is 4.74 Å². The van der Waals surface area contributed by atoms with Crippen molar-refractivity contribution in [3.05, 3.63) is 29.8 Å². The van der Waals surface area contributed by atoms with Crippen LogP contribution in [0.25, 0.3) is 0 Å². The molecule has 0 saturated heterocycles. The fourth-order valence-electron chi connectivity index (χ4n) is 2.46. The zero-order chi connectivity index (χ0) is 15.1. The van der Waals surface area contributed by atoms with Crippen LogP contribution in [-0.2, 0) is 6.54 Å². The van der Waals surface area contributed by atoms with E-state index in [9.17, 15) is 0 Å². The number of nitrogens with one attached hydrogen (secondary N) is 1. The van der Waals surface area contributed by atoms with Crippen LogP contribution in [0.1, 0.15) is 45.1 Å². The molecule has 1 N–H and O–H groups in total. The smallest absolute Gasteiger partial charge is 0.119 e. The number of rotatable bonds is 10. The first kappa shape index (κ1) is 16.3. The molecule has 0 aromatic heterocycles. The summed E-state index contributed by atoms with van der Waals surface area (Å²) in [6.07, 6.45) is 5.15. The lowest BCUT2D eigenvalue weighted by atomic mass is 10.2. The molecule has 1 aliphatic carbocycles. The molecule has 0 bridgehead atoms. The van der Waals surface area contributed by atoms with Crippen LogP contribution in [0.3, 0.4) is 0 Å². The highest BCUT2D eigenvalue weighted by Gasteiger charge is 2.19. The molecule has 1 aliphatic rings. The summed E-state index contributed by atoms with van der Waals surface area (Å²) in [6, 6.07) is 9.84. The van der Waals surface area contributed by atoms with Gasteiger partial charge in [0.15, 0.2) is 0 Å². The molecule has 0 aliphatic heterocycles. The maximum Gasteiger partial charge on any atom is 0.119 e. The number of benzene rings is 1. The predicted octanol–water partition coefficient (Wildman–Crippen LogP) is 3.44. The fourth-order valence-corrected chi connectivity index (χ4v) is 2.46. The molecular formula is C18H30N2O. The molecule has 3 nitrogen and oxygen atoms in total. The van der Waals surface area contributed by atoms with Crippen molar-refractivity contribution in [3.63, 3.8) is 0 Å². The third kappa shape index (κ3) is 6.06. The number of hydrogen-bond donors (Lipinski definition) is 1. The van der Waals surface area contributed by atoms with E-state index in [-0.39, 0.29) is 0 Å². The first-order chi connectivity index (χ1) is 10.2. The van der Waals surface area contributed by atoms with Crippen LogP contribution < -0.4 is 10.1 Å². The molecule has 1 saturated carbocycles. The second-order valence-corrected chi connectivity index (χ2v) is 6.27. The Morgan fingerprint density at radius 2 is 2.19 bits per heavy atom. The monoisotopic (exact) mass is 290 g/mol. The summed E-state index contributed by atoms with van der Waals surface area (Å²) in [5.41, 5.74) is 1.31. The first-order valence-corrected chi connectivity index (χ1v) is 8.34. The SMILES string of the molecule is CCCC(C)N(C)CCOc1cccc(CNC2CC2)c1. The van der Waals surface area contributed by atoms with Crippen molar-refractivity contribution in [3.8, 4) is 5.75 Å². The van der Waals surface area contributed by atoms with Crippen LogP contribution in [0.4, 0.5) is 0 Å². The van der Waals surface area contributed by atoms with Gasteiger partial charge in [0.05, 0.1) is 0 Å². The third-order valence-corrected chi connectivity index (χ3v) is 4.24. The van der Waals surface area contributed by atoms with Gasteiger partial charge in [-0.2, -0.15) is 0 Å². The molecule has 2 rings (SSSR count). The van der Waals surface area contributed by atoms with Gasteiger partial charge in [0.25, 0.3) is 0 Å². The van der Waals surface area contributed by atoms with Gasteiger partial charge in [-0.3, -0.25) is 0 Å². The van der Waals surface area contributed by atoms with Crippen molar-refractivity contribution in [1.82, 2.24) is 10.2 Å². The second-order valence-electron chi connectivity index (χ2n) is 6.27. The summed E-state index contributed by atoms with van der Waals surface area (Å²) >= 11 is 0. The largest absolute Gasteiger partial charge is 0.492 e. The number of nitrogens with zero attached hydrogens (tertiary/aromatic N) is 1. The van der Waals surface area contributed by atoms with Crippen LogP contribution >= 0.6 is 0 Å². The van der Waals surface area contributed by atoms with Crippen LogP contribution in [0.2, 0.25) is 0 Å². The average Bonchev–Trinajstić information content (AvgIpc) is 3.30. The zero-order valence-electron chi connectivity index (χ0n) is 13.8. The van der Waals surface area contributed by atoms with Crippen LogP contribution in [0.5, 0.6) is 5.75 Å². The van der Waals surface area contributed by atoms with E-state index in [4.69, 9.17) is 4.74 Å². The first-order valence-electron chi connectivity index (χ1n) is 8.34. The Morgan fingerprint density at radius 1 is 1.38 bits per heavy atom. The molecule has 1 unspecified atom stereocenters. The van der Waals surface area contributed by atoms with E-state index in [1.165, 1.54) is 31.2 Å². The molecule has 21 heavy (non-hydrogen) atoms. The van der Waals surface area contributed by atoms with E-state index in [0.29, 0.717) is 6.04 Å². The van der Waals surface area contributed by atoms with E-state index in [2.05, 4.69) is 55.4 Å². The van der Waals surface area contributed by atoms with Crippen molar-refractivity contribution in [2.24, 2.45) is 0 Å². The Kier molecular flexibility index (Phi) is 6.52. The Morgan fingerprint density at radius 3 is 2.90 bits per heavy atom. The molecule has 0 heterocycles. The topological polar surface area (TPSA) is 24.5 Å². The molecule has 0 spiro atoms. The minimum atomic E-state index is 0.632. The quantitative estimate of drug-likeness (QED) is 0.714. The normalized spacial score (nSPS) is 16.2. The Bertz CT molecular complexity index is 417. The molecule has 0 radical (unpaired) electrons. The fraction of sp³-hybridized carbons (Fsp3) is 0.667. The number of ether oxygens (including phenoxy) is 1. The molecule has 0 amide bonds.